The summed E-state index contributed by atoms with van der Waals surface area (Å²) in [5.74, 6) is -0.178. The Kier molecular flexibility index (Phi) is 3.63. The molecule has 1 amide bonds. The number of rotatable bonds is 2. The minimum absolute atomic E-state index is 0.178. The maximum atomic E-state index is 12.1. The van der Waals surface area contributed by atoms with Crippen LogP contribution in [0.1, 0.15) is 21.5 Å². The zero-order valence-electron chi connectivity index (χ0n) is 10.2. The van der Waals surface area contributed by atoms with Gasteiger partial charge in [-0.1, -0.05) is 29.8 Å². The SMILES string of the molecule is Cc1cnc(Cl)c(NC(=O)c2ccccc2C)c1. The molecule has 0 saturated carbocycles. The number of pyridine rings is 1. The number of hydrogen-bond acceptors (Lipinski definition) is 2. The van der Waals surface area contributed by atoms with E-state index in [1.165, 1.54) is 0 Å². The van der Waals surface area contributed by atoms with Crippen LogP contribution in [-0.2, 0) is 0 Å². The van der Waals surface area contributed by atoms with Gasteiger partial charge < -0.3 is 5.32 Å². The van der Waals surface area contributed by atoms with Crippen molar-refractivity contribution >= 4 is 23.2 Å². The van der Waals surface area contributed by atoms with Gasteiger partial charge in [-0.15, -0.1) is 0 Å². The van der Waals surface area contributed by atoms with Crippen molar-refractivity contribution in [1.29, 1.82) is 0 Å². The molecule has 0 bridgehead atoms. The van der Waals surface area contributed by atoms with E-state index in [-0.39, 0.29) is 5.91 Å². The Morgan fingerprint density at radius 2 is 2.00 bits per heavy atom. The molecule has 4 heteroatoms. The van der Waals surface area contributed by atoms with Crippen LogP contribution in [0.4, 0.5) is 5.69 Å². The van der Waals surface area contributed by atoms with Gasteiger partial charge in [-0.3, -0.25) is 4.79 Å². The van der Waals surface area contributed by atoms with Crippen LogP contribution in [0.3, 0.4) is 0 Å². The quantitative estimate of drug-likeness (QED) is 0.839. The number of aryl methyl sites for hydroxylation is 2. The number of aromatic nitrogens is 1. The Bertz CT molecular complexity index is 596. The van der Waals surface area contributed by atoms with Crippen LogP contribution in [0.5, 0.6) is 0 Å². The van der Waals surface area contributed by atoms with Crippen LogP contribution >= 0.6 is 11.6 Å². The first-order valence-electron chi connectivity index (χ1n) is 5.57. The monoisotopic (exact) mass is 260 g/mol. The number of carbonyl (C=O) groups is 1. The Balaban J connectivity index is 2.27. The summed E-state index contributed by atoms with van der Waals surface area (Å²) in [5.41, 5.74) is 3.03. The van der Waals surface area contributed by atoms with Crippen LogP contribution in [0, 0.1) is 13.8 Å². The molecule has 0 aliphatic carbocycles. The van der Waals surface area contributed by atoms with Gasteiger partial charge in [0.15, 0.2) is 5.15 Å². The van der Waals surface area contributed by atoms with Gasteiger partial charge in [-0.25, -0.2) is 4.98 Å². The molecule has 3 nitrogen and oxygen atoms in total. The summed E-state index contributed by atoms with van der Waals surface area (Å²) < 4.78 is 0. The predicted octanol–water partition coefficient (Wildman–Crippen LogP) is 3.60. The lowest BCUT2D eigenvalue weighted by Gasteiger charge is -2.09. The van der Waals surface area contributed by atoms with E-state index in [0.717, 1.165) is 11.1 Å². The van der Waals surface area contributed by atoms with Crippen molar-refractivity contribution in [3.63, 3.8) is 0 Å². The lowest BCUT2D eigenvalue weighted by atomic mass is 10.1. The highest BCUT2D eigenvalue weighted by molar-refractivity contribution is 6.32. The van der Waals surface area contributed by atoms with Crippen LogP contribution in [-0.4, -0.2) is 10.9 Å². The van der Waals surface area contributed by atoms with Gasteiger partial charge in [0.2, 0.25) is 0 Å². The molecule has 2 rings (SSSR count). The number of hydrogen-bond donors (Lipinski definition) is 1. The second-order valence-corrected chi connectivity index (χ2v) is 4.48. The summed E-state index contributed by atoms with van der Waals surface area (Å²) in [6.07, 6.45) is 1.66. The molecule has 1 aromatic heterocycles. The van der Waals surface area contributed by atoms with Gasteiger partial charge in [0.1, 0.15) is 0 Å². The predicted molar refractivity (Wildman–Crippen MR) is 73.1 cm³/mol. The molecule has 0 aliphatic heterocycles. The molecule has 2 aromatic rings. The van der Waals surface area contributed by atoms with E-state index in [1.54, 1.807) is 18.3 Å². The number of halogens is 1. The number of anilines is 1. The average Bonchev–Trinajstić information content (AvgIpc) is 2.34. The Morgan fingerprint density at radius 3 is 2.72 bits per heavy atom. The minimum Gasteiger partial charge on any atom is -0.319 e. The fourth-order valence-corrected chi connectivity index (χ4v) is 1.81. The molecule has 1 N–H and O–H groups in total. The zero-order valence-corrected chi connectivity index (χ0v) is 11.0. The zero-order chi connectivity index (χ0) is 13.1. The van der Waals surface area contributed by atoms with Crippen molar-refractivity contribution in [2.75, 3.05) is 5.32 Å². The third-order valence-corrected chi connectivity index (χ3v) is 2.91. The third-order valence-electron chi connectivity index (χ3n) is 2.61. The molecule has 0 saturated heterocycles. The number of amides is 1. The molecule has 0 fully saturated rings. The van der Waals surface area contributed by atoms with Crippen molar-refractivity contribution in [1.82, 2.24) is 4.98 Å². The molecule has 0 spiro atoms. The molecule has 18 heavy (non-hydrogen) atoms. The van der Waals surface area contributed by atoms with Crippen LogP contribution < -0.4 is 5.32 Å². The van der Waals surface area contributed by atoms with E-state index < -0.39 is 0 Å². The van der Waals surface area contributed by atoms with Crippen molar-refractivity contribution in [3.05, 3.63) is 58.4 Å². The Labute approximate surface area is 111 Å². The summed E-state index contributed by atoms with van der Waals surface area (Å²) >= 11 is 5.94. The normalized spacial score (nSPS) is 10.2. The van der Waals surface area contributed by atoms with Gasteiger partial charge in [0.05, 0.1) is 5.69 Å². The molecular weight excluding hydrogens is 248 g/mol. The molecule has 0 unspecified atom stereocenters. The fraction of sp³-hybridized carbons (Fsp3) is 0.143. The maximum absolute atomic E-state index is 12.1. The minimum atomic E-state index is -0.178. The first-order chi connectivity index (χ1) is 8.58. The topological polar surface area (TPSA) is 42.0 Å². The highest BCUT2D eigenvalue weighted by Gasteiger charge is 2.11. The molecule has 0 aliphatic rings. The average molecular weight is 261 g/mol. The van der Waals surface area contributed by atoms with Crippen molar-refractivity contribution in [3.8, 4) is 0 Å². The van der Waals surface area contributed by atoms with Crippen molar-refractivity contribution in [2.45, 2.75) is 13.8 Å². The van der Waals surface area contributed by atoms with E-state index in [9.17, 15) is 4.79 Å². The van der Waals surface area contributed by atoms with E-state index in [1.807, 2.05) is 32.0 Å². The van der Waals surface area contributed by atoms with Gasteiger partial charge >= 0.3 is 0 Å². The first kappa shape index (κ1) is 12.6. The maximum Gasteiger partial charge on any atom is 0.256 e. The lowest BCUT2D eigenvalue weighted by molar-refractivity contribution is 0.102. The molecule has 0 radical (unpaired) electrons. The summed E-state index contributed by atoms with van der Waals surface area (Å²) in [5, 5.41) is 3.07. The van der Waals surface area contributed by atoms with Crippen LogP contribution in [0.2, 0.25) is 5.15 Å². The molecule has 92 valence electrons. The molecule has 0 atom stereocenters. The standard InChI is InChI=1S/C14H13ClN2O/c1-9-7-12(13(15)16-8-9)17-14(18)11-6-4-3-5-10(11)2/h3-8H,1-2H3,(H,17,18). The largest absolute Gasteiger partial charge is 0.319 e. The summed E-state index contributed by atoms with van der Waals surface area (Å²) in [4.78, 5) is 16.1. The van der Waals surface area contributed by atoms with E-state index in [0.29, 0.717) is 16.4 Å². The summed E-state index contributed by atoms with van der Waals surface area (Å²) in [6, 6.07) is 9.20. The van der Waals surface area contributed by atoms with Crippen LogP contribution in [0.25, 0.3) is 0 Å². The number of benzene rings is 1. The van der Waals surface area contributed by atoms with Crippen molar-refractivity contribution < 1.29 is 4.79 Å². The Hall–Kier alpha value is -1.87. The first-order valence-corrected chi connectivity index (χ1v) is 5.95. The lowest BCUT2D eigenvalue weighted by Crippen LogP contribution is -2.14. The summed E-state index contributed by atoms with van der Waals surface area (Å²) in [6.45, 7) is 3.79. The second kappa shape index (κ2) is 5.19. The number of nitrogens with zero attached hydrogens (tertiary/aromatic N) is 1. The molecule has 1 aromatic carbocycles. The van der Waals surface area contributed by atoms with Gasteiger partial charge in [0, 0.05) is 11.8 Å². The van der Waals surface area contributed by atoms with E-state index in [4.69, 9.17) is 11.6 Å². The van der Waals surface area contributed by atoms with E-state index in [2.05, 4.69) is 10.3 Å². The molecular formula is C14H13ClN2O. The highest BCUT2D eigenvalue weighted by atomic mass is 35.5. The van der Waals surface area contributed by atoms with Crippen molar-refractivity contribution in [2.24, 2.45) is 0 Å². The van der Waals surface area contributed by atoms with Crippen LogP contribution in [0.15, 0.2) is 36.5 Å². The summed E-state index contributed by atoms with van der Waals surface area (Å²) in [7, 11) is 0. The highest BCUT2D eigenvalue weighted by Crippen LogP contribution is 2.21. The second-order valence-electron chi connectivity index (χ2n) is 4.12. The number of nitrogens with one attached hydrogen (secondary N) is 1. The smallest absolute Gasteiger partial charge is 0.256 e. The molecule has 1 heterocycles. The van der Waals surface area contributed by atoms with Gasteiger partial charge in [-0.2, -0.15) is 0 Å². The van der Waals surface area contributed by atoms with E-state index >= 15 is 0 Å². The Morgan fingerprint density at radius 1 is 1.28 bits per heavy atom. The third kappa shape index (κ3) is 2.68. The number of carbonyl (C=O) groups excluding carboxylic acids is 1. The fourth-order valence-electron chi connectivity index (χ4n) is 1.66. The van der Waals surface area contributed by atoms with Gasteiger partial charge in [0.25, 0.3) is 5.91 Å². The van der Waals surface area contributed by atoms with Gasteiger partial charge in [-0.05, 0) is 37.1 Å².